The first-order valence-electron chi connectivity index (χ1n) is 4.97. The summed E-state index contributed by atoms with van der Waals surface area (Å²) >= 11 is 0. The predicted octanol–water partition coefficient (Wildman–Crippen LogP) is 2.49. The van der Waals surface area contributed by atoms with E-state index in [-0.39, 0.29) is 11.5 Å². The second kappa shape index (κ2) is 4.25. The summed E-state index contributed by atoms with van der Waals surface area (Å²) in [7, 11) is 0. The number of pyridine rings is 1. The molecule has 0 N–H and O–H groups in total. The third kappa shape index (κ3) is 2.39. The van der Waals surface area contributed by atoms with E-state index in [2.05, 4.69) is 10.1 Å². The molecule has 2 aromatic rings. The van der Waals surface area contributed by atoms with Crippen molar-refractivity contribution in [3.05, 3.63) is 42.0 Å². The second-order valence-electron chi connectivity index (χ2n) is 3.63. The zero-order chi connectivity index (χ0) is 13.3. The van der Waals surface area contributed by atoms with Crippen molar-refractivity contribution in [3.63, 3.8) is 0 Å². The van der Waals surface area contributed by atoms with Gasteiger partial charge in [0, 0.05) is 13.1 Å². The summed E-state index contributed by atoms with van der Waals surface area (Å²) in [4.78, 5) is 14.8. The Morgan fingerprint density at radius 3 is 2.44 bits per heavy atom. The van der Waals surface area contributed by atoms with Gasteiger partial charge in [0.15, 0.2) is 5.78 Å². The fourth-order valence-corrected chi connectivity index (χ4v) is 1.34. The third-order valence-electron chi connectivity index (χ3n) is 2.28. The zero-order valence-corrected chi connectivity index (χ0v) is 9.27. The minimum Gasteiger partial charge on any atom is -0.293 e. The number of alkyl halides is 3. The van der Waals surface area contributed by atoms with Gasteiger partial charge in [0.05, 0.1) is 23.6 Å². The summed E-state index contributed by atoms with van der Waals surface area (Å²) < 4.78 is 38.2. The molecular weight excluding hydrogens is 247 g/mol. The van der Waals surface area contributed by atoms with Crippen molar-refractivity contribution >= 4 is 5.78 Å². The number of Topliss-reactive ketones (excluding diaryl/α,β-unsaturated/α-hetero) is 1. The van der Waals surface area contributed by atoms with Gasteiger partial charge in [0.25, 0.3) is 0 Å². The Labute approximate surface area is 100 Å². The number of nitrogens with zero attached hydrogens (tertiary/aromatic N) is 3. The van der Waals surface area contributed by atoms with Crippen LogP contribution in [0, 0.1) is 0 Å². The van der Waals surface area contributed by atoms with Gasteiger partial charge in [-0.2, -0.15) is 18.3 Å². The van der Waals surface area contributed by atoms with E-state index >= 15 is 0 Å². The van der Waals surface area contributed by atoms with Crippen molar-refractivity contribution in [2.75, 3.05) is 0 Å². The van der Waals surface area contributed by atoms with Crippen molar-refractivity contribution < 1.29 is 18.0 Å². The molecule has 0 unspecified atom stereocenters. The average Bonchev–Trinajstić information content (AvgIpc) is 2.78. The molecule has 0 fully saturated rings. The van der Waals surface area contributed by atoms with Crippen molar-refractivity contribution in [3.8, 4) is 5.69 Å². The Balaban J connectivity index is 2.32. The van der Waals surface area contributed by atoms with E-state index in [1.807, 2.05) is 0 Å². The molecule has 0 saturated heterocycles. The third-order valence-corrected chi connectivity index (χ3v) is 2.28. The first kappa shape index (κ1) is 12.3. The first-order valence-corrected chi connectivity index (χ1v) is 4.97. The van der Waals surface area contributed by atoms with Crippen LogP contribution in [0.3, 0.4) is 0 Å². The largest absolute Gasteiger partial charge is 0.419 e. The molecule has 2 rings (SSSR count). The summed E-state index contributed by atoms with van der Waals surface area (Å²) in [5.41, 5.74) is -0.226. The van der Waals surface area contributed by atoms with Crippen molar-refractivity contribution in [2.45, 2.75) is 13.1 Å². The van der Waals surface area contributed by atoms with Gasteiger partial charge in [0.1, 0.15) is 5.69 Å². The molecule has 0 aromatic carbocycles. The number of ketones is 1. The Morgan fingerprint density at radius 2 is 2.00 bits per heavy atom. The molecule has 94 valence electrons. The van der Waals surface area contributed by atoms with Crippen LogP contribution in [-0.4, -0.2) is 20.5 Å². The molecule has 0 aliphatic carbocycles. The van der Waals surface area contributed by atoms with Gasteiger partial charge in [-0.25, -0.2) is 4.68 Å². The Morgan fingerprint density at radius 1 is 1.28 bits per heavy atom. The smallest absolute Gasteiger partial charge is 0.293 e. The Hall–Kier alpha value is -2.18. The molecule has 0 atom stereocenters. The normalized spacial score (nSPS) is 11.6. The molecule has 0 amide bonds. The Kier molecular flexibility index (Phi) is 2.90. The lowest BCUT2D eigenvalue weighted by molar-refractivity contribution is -0.137. The molecule has 2 aromatic heterocycles. The van der Waals surface area contributed by atoms with Crippen molar-refractivity contribution in [1.82, 2.24) is 14.8 Å². The number of rotatable bonds is 2. The van der Waals surface area contributed by atoms with Gasteiger partial charge in [-0.1, -0.05) is 0 Å². The number of hydrogen-bond donors (Lipinski definition) is 0. The SMILES string of the molecule is CC(=O)c1ccc(-n2cc(C(F)(F)F)cn2)cn1. The molecule has 7 heteroatoms. The monoisotopic (exact) mass is 255 g/mol. The van der Waals surface area contributed by atoms with Crippen molar-refractivity contribution in [1.29, 1.82) is 0 Å². The zero-order valence-electron chi connectivity index (χ0n) is 9.27. The second-order valence-corrected chi connectivity index (χ2v) is 3.63. The van der Waals surface area contributed by atoms with Crippen molar-refractivity contribution in [2.24, 2.45) is 0 Å². The number of hydrogen-bond acceptors (Lipinski definition) is 3. The minimum atomic E-state index is -4.43. The summed E-state index contributed by atoms with van der Waals surface area (Å²) in [6.07, 6.45) is -1.53. The molecule has 0 aliphatic rings. The molecular formula is C11H8F3N3O. The predicted molar refractivity (Wildman–Crippen MR) is 56.4 cm³/mol. The molecule has 0 saturated carbocycles. The molecule has 0 bridgehead atoms. The van der Waals surface area contributed by atoms with Crippen LogP contribution < -0.4 is 0 Å². The highest BCUT2D eigenvalue weighted by Crippen LogP contribution is 2.28. The van der Waals surface area contributed by atoms with Gasteiger partial charge in [-0.3, -0.25) is 9.78 Å². The van der Waals surface area contributed by atoms with E-state index in [4.69, 9.17) is 0 Å². The van der Waals surface area contributed by atoms with Crippen LogP contribution >= 0.6 is 0 Å². The number of halogens is 3. The molecule has 0 spiro atoms. The number of carbonyl (C=O) groups excluding carboxylic acids is 1. The molecule has 0 radical (unpaired) electrons. The van der Waals surface area contributed by atoms with Gasteiger partial charge in [-0.05, 0) is 12.1 Å². The lowest BCUT2D eigenvalue weighted by Crippen LogP contribution is -2.03. The van der Waals surface area contributed by atoms with E-state index < -0.39 is 11.7 Å². The maximum atomic E-state index is 12.4. The minimum absolute atomic E-state index is 0.210. The first-order chi connectivity index (χ1) is 8.38. The van der Waals surface area contributed by atoms with Crippen LogP contribution in [0.25, 0.3) is 5.69 Å². The molecule has 0 aliphatic heterocycles. The van der Waals surface area contributed by atoms with Gasteiger partial charge in [0.2, 0.25) is 0 Å². The summed E-state index contributed by atoms with van der Waals surface area (Å²) in [6.45, 7) is 1.36. The highest BCUT2D eigenvalue weighted by Gasteiger charge is 2.32. The van der Waals surface area contributed by atoms with Crippen LogP contribution in [0.5, 0.6) is 0 Å². The van der Waals surface area contributed by atoms with Crippen LogP contribution in [0.1, 0.15) is 23.0 Å². The van der Waals surface area contributed by atoms with E-state index in [0.717, 1.165) is 17.1 Å². The van der Waals surface area contributed by atoms with Gasteiger partial charge < -0.3 is 0 Å². The number of aromatic nitrogens is 3. The van der Waals surface area contributed by atoms with Crippen LogP contribution in [0.4, 0.5) is 13.2 Å². The van der Waals surface area contributed by atoms with Crippen LogP contribution in [-0.2, 0) is 6.18 Å². The van der Waals surface area contributed by atoms with Crippen LogP contribution in [0.15, 0.2) is 30.7 Å². The highest BCUT2D eigenvalue weighted by atomic mass is 19.4. The molecule has 18 heavy (non-hydrogen) atoms. The quantitative estimate of drug-likeness (QED) is 0.774. The fraction of sp³-hybridized carbons (Fsp3) is 0.182. The number of carbonyl (C=O) groups is 1. The summed E-state index contributed by atoms with van der Waals surface area (Å²) in [5, 5.41) is 3.60. The van der Waals surface area contributed by atoms with Gasteiger partial charge in [-0.15, -0.1) is 0 Å². The summed E-state index contributed by atoms with van der Waals surface area (Å²) in [6, 6.07) is 2.92. The summed E-state index contributed by atoms with van der Waals surface area (Å²) in [5.74, 6) is -0.210. The van der Waals surface area contributed by atoms with E-state index in [9.17, 15) is 18.0 Å². The lowest BCUT2D eigenvalue weighted by atomic mass is 10.2. The van der Waals surface area contributed by atoms with Crippen LogP contribution in [0.2, 0.25) is 0 Å². The van der Waals surface area contributed by atoms with E-state index in [0.29, 0.717) is 5.69 Å². The topological polar surface area (TPSA) is 47.8 Å². The van der Waals surface area contributed by atoms with E-state index in [1.54, 1.807) is 0 Å². The Bertz CT molecular complexity index is 572. The maximum absolute atomic E-state index is 12.4. The average molecular weight is 255 g/mol. The molecule has 4 nitrogen and oxygen atoms in total. The molecule has 2 heterocycles. The van der Waals surface area contributed by atoms with E-state index in [1.165, 1.54) is 25.3 Å². The standard InChI is InChI=1S/C11H8F3N3O/c1-7(18)10-3-2-9(5-15-10)17-6-8(4-16-17)11(12,13)14/h2-6H,1H3. The fourth-order valence-electron chi connectivity index (χ4n) is 1.34. The maximum Gasteiger partial charge on any atom is 0.419 e. The highest BCUT2D eigenvalue weighted by molar-refractivity contribution is 5.92. The van der Waals surface area contributed by atoms with Gasteiger partial charge >= 0.3 is 6.18 Å². The lowest BCUT2D eigenvalue weighted by Gasteiger charge is -2.02.